The molecule has 0 amide bonds. The summed E-state index contributed by atoms with van der Waals surface area (Å²) in [5.74, 6) is 1.63. The summed E-state index contributed by atoms with van der Waals surface area (Å²) in [6.45, 7) is 1.93. The molecule has 0 aliphatic carbocycles. The first kappa shape index (κ1) is 14.7. The van der Waals surface area contributed by atoms with Crippen LogP contribution in [0.4, 0.5) is 0 Å². The van der Waals surface area contributed by atoms with Gasteiger partial charge in [-0.05, 0) is 59.8 Å². The summed E-state index contributed by atoms with van der Waals surface area (Å²) in [7, 11) is 1.66. The second-order valence-electron chi connectivity index (χ2n) is 4.76. The third-order valence-electron chi connectivity index (χ3n) is 3.31. The van der Waals surface area contributed by atoms with Crippen molar-refractivity contribution in [3.63, 3.8) is 0 Å². The van der Waals surface area contributed by atoms with E-state index in [9.17, 15) is 0 Å². The van der Waals surface area contributed by atoms with Gasteiger partial charge in [0, 0.05) is 15.3 Å². The maximum Gasteiger partial charge on any atom is 0.132 e. The average molecular weight is 413 g/mol. The molecule has 0 bridgehead atoms. The molecule has 0 spiro atoms. The lowest BCUT2D eigenvalue weighted by Gasteiger charge is -2.11. The number of nitrogens with zero attached hydrogens (tertiary/aromatic N) is 2. The maximum atomic E-state index is 6.33. The Kier molecular flexibility index (Phi) is 4.08. The number of ether oxygens (including phenoxy) is 1. The van der Waals surface area contributed by atoms with E-state index in [4.69, 9.17) is 16.3 Å². The summed E-state index contributed by atoms with van der Waals surface area (Å²) >= 11 is 8.63. The van der Waals surface area contributed by atoms with Crippen molar-refractivity contribution >= 4 is 45.2 Å². The van der Waals surface area contributed by atoms with E-state index in [-0.39, 0.29) is 5.38 Å². The fraction of sp³-hybridized carbons (Fsp3) is 0.188. The number of alkyl halides is 1. The summed E-state index contributed by atoms with van der Waals surface area (Å²) in [5.41, 5.74) is 2.98. The molecule has 1 atom stereocenters. The first-order valence-electron chi connectivity index (χ1n) is 6.56. The lowest BCUT2D eigenvalue weighted by Crippen LogP contribution is -2.02. The van der Waals surface area contributed by atoms with Crippen molar-refractivity contribution in [2.24, 2.45) is 0 Å². The molecule has 0 radical (unpaired) electrons. The van der Waals surface area contributed by atoms with Crippen LogP contribution in [0.1, 0.15) is 18.1 Å². The molecule has 3 nitrogen and oxygen atoms in total. The zero-order valence-corrected chi connectivity index (χ0v) is 14.6. The van der Waals surface area contributed by atoms with Gasteiger partial charge in [-0.3, -0.25) is 4.57 Å². The third kappa shape index (κ3) is 2.74. The highest BCUT2D eigenvalue weighted by Crippen LogP contribution is 2.30. The highest BCUT2D eigenvalue weighted by molar-refractivity contribution is 14.1. The minimum Gasteiger partial charge on any atom is -0.497 e. The van der Waals surface area contributed by atoms with E-state index in [1.807, 2.05) is 31.2 Å². The molecule has 108 valence electrons. The minimum absolute atomic E-state index is 0.179. The van der Waals surface area contributed by atoms with Crippen LogP contribution < -0.4 is 4.74 Å². The second kappa shape index (κ2) is 5.85. The second-order valence-corrected chi connectivity index (χ2v) is 6.66. The number of benzene rings is 2. The molecular weight excluding hydrogens is 399 g/mol. The molecule has 0 N–H and O–H groups in total. The van der Waals surface area contributed by atoms with Crippen LogP contribution in [0, 0.1) is 3.57 Å². The quantitative estimate of drug-likeness (QED) is 0.450. The van der Waals surface area contributed by atoms with Gasteiger partial charge in [-0.15, -0.1) is 11.6 Å². The number of methoxy groups -OCH3 is 1. The molecule has 1 aromatic heterocycles. The van der Waals surface area contributed by atoms with Crippen molar-refractivity contribution in [2.45, 2.75) is 12.3 Å². The monoisotopic (exact) mass is 412 g/mol. The van der Waals surface area contributed by atoms with Gasteiger partial charge in [0.25, 0.3) is 0 Å². The van der Waals surface area contributed by atoms with Crippen molar-refractivity contribution in [3.8, 4) is 11.4 Å². The smallest absolute Gasteiger partial charge is 0.132 e. The van der Waals surface area contributed by atoms with E-state index in [0.29, 0.717) is 0 Å². The normalized spacial score (nSPS) is 12.6. The van der Waals surface area contributed by atoms with Crippen LogP contribution in [0.2, 0.25) is 0 Å². The van der Waals surface area contributed by atoms with E-state index in [1.165, 1.54) is 3.57 Å². The molecule has 5 heteroatoms. The van der Waals surface area contributed by atoms with E-state index >= 15 is 0 Å². The first-order chi connectivity index (χ1) is 10.1. The average Bonchev–Trinajstić information content (AvgIpc) is 2.85. The number of aromatic nitrogens is 2. The Labute approximate surface area is 142 Å². The molecule has 0 fully saturated rings. The number of hydrogen-bond acceptors (Lipinski definition) is 2. The Hall–Kier alpha value is -1.27. The summed E-state index contributed by atoms with van der Waals surface area (Å²) in [6, 6.07) is 14.2. The van der Waals surface area contributed by atoms with Gasteiger partial charge < -0.3 is 4.74 Å². The van der Waals surface area contributed by atoms with Gasteiger partial charge in [0.1, 0.15) is 11.6 Å². The van der Waals surface area contributed by atoms with Crippen molar-refractivity contribution < 1.29 is 4.74 Å². The van der Waals surface area contributed by atoms with Crippen LogP contribution in [0.3, 0.4) is 0 Å². The zero-order chi connectivity index (χ0) is 15.0. The molecule has 0 aliphatic heterocycles. The standard InChI is InChI=1S/C16H14ClIN2O/c1-10(17)16-19-14-9-13(21-2)6-7-15(14)20(16)12-5-3-4-11(18)8-12/h3-10H,1-2H3. The molecular formula is C16H14ClIN2O. The van der Waals surface area contributed by atoms with Gasteiger partial charge in [0.05, 0.1) is 23.5 Å². The van der Waals surface area contributed by atoms with Crippen LogP contribution in [0.15, 0.2) is 42.5 Å². The van der Waals surface area contributed by atoms with Crippen molar-refractivity contribution in [3.05, 3.63) is 51.9 Å². The highest BCUT2D eigenvalue weighted by atomic mass is 127. The van der Waals surface area contributed by atoms with Crippen molar-refractivity contribution in [1.29, 1.82) is 0 Å². The van der Waals surface area contributed by atoms with Gasteiger partial charge in [-0.2, -0.15) is 0 Å². The topological polar surface area (TPSA) is 27.1 Å². The molecule has 2 aromatic carbocycles. The molecule has 21 heavy (non-hydrogen) atoms. The van der Waals surface area contributed by atoms with Crippen LogP contribution in [-0.2, 0) is 0 Å². The predicted octanol–water partition coefficient (Wildman–Crippen LogP) is 4.94. The number of rotatable bonds is 3. The molecule has 0 aliphatic rings. The number of hydrogen-bond donors (Lipinski definition) is 0. The lowest BCUT2D eigenvalue weighted by molar-refractivity contribution is 0.415. The molecule has 0 saturated carbocycles. The fourth-order valence-corrected chi connectivity index (χ4v) is 3.03. The predicted molar refractivity (Wildman–Crippen MR) is 94.6 cm³/mol. The summed E-state index contributed by atoms with van der Waals surface area (Å²) in [6.07, 6.45) is 0. The third-order valence-corrected chi connectivity index (χ3v) is 4.18. The Morgan fingerprint density at radius 1 is 1.24 bits per heavy atom. The fourth-order valence-electron chi connectivity index (χ4n) is 2.36. The Morgan fingerprint density at radius 3 is 2.71 bits per heavy atom. The zero-order valence-electron chi connectivity index (χ0n) is 11.7. The largest absolute Gasteiger partial charge is 0.497 e. The lowest BCUT2D eigenvalue weighted by atomic mass is 10.2. The molecule has 1 unspecified atom stereocenters. The van der Waals surface area contributed by atoms with Gasteiger partial charge >= 0.3 is 0 Å². The number of halogens is 2. The minimum atomic E-state index is -0.179. The van der Waals surface area contributed by atoms with E-state index in [2.05, 4.69) is 50.3 Å². The van der Waals surface area contributed by atoms with Gasteiger partial charge in [0.15, 0.2) is 0 Å². The first-order valence-corrected chi connectivity index (χ1v) is 8.08. The van der Waals surface area contributed by atoms with E-state index in [0.717, 1.165) is 28.3 Å². The highest BCUT2D eigenvalue weighted by Gasteiger charge is 2.16. The van der Waals surface area contributed by atoms with Gasteiger partial charge in [-0.1, -0.05) is 6.07 Å². The van der Waals surface area contributed by atoms with E-state index in [1.54, 1.807) is 7.11 Å². The van der Waals surface area contributed by atoms with Crippen LogP contribution >= 0.6 is 34.2 Å². The molecule has 3 rings (SSSR count). The van der Waals surface area contributed by atoms with Gasteiger partial charge in [-0.25, -0.2) is 4.98 Å². The van der Waals surface area contributed by atoms with Gasteiger partial charge in [0.2, 0.25) is 0 Å². The Balaban J connectivity index is 2.31. The van der Waals surface area contributed by atoms with Crippen LogP contribution in [-0.4, -0.2) is 16.7 Å². The van der Waals surface area contributed by atoms with Crippen LogP contribution in [0.25, 0.3) is 16.7 Å². The van der Waals surface area contributed by atoms with Crippen molar-refractivity contribution in [1.82, 2.24) is 9.55 Å². The summed E-state index contributed by atoms with van der Waals surface area (Å²) in [5, 5.41) is -0.179. The summed E-state index contributed by atoms with van der Waals surface area (Å²) in [4.78, 5) is 4.68. The molecule has 1 heterocycles. The Bertz CT molecular complexity index is 798. The van der Waals surface area contributed by atoms with Crippen LogP contribution in [0.5, 0.6) is 5.75 Å². The Morgan fingerprint density at radius 2 is 2.05 bits per heavy atom. The summed E-state index contributed by atoms with van der Waals surface area (Å²) < 4.78 is 8.55. The van der Waals surface area contributed by atoms with Crippen molar-refractivity contribution in [2.75, 3.05) is 7.11 Å². The SMILES string of the molecule is COc1ccc2c(c1)nc(C(C)Cl)n2-c1cccc(I)c1. The number of fused-ring (bicyclic) bond motifs is 1. The molecule has 3 aromatic rings. The van der Waals surface area contributed by atoms with E-state index < -0.39 is 0 Å². The number of imidazole rings is 1. The molecule has 0 saturated heterocycles. The maximum absolute atomic E-state index is 6.33.